The second kappa shape index (κ2) is 5.61. The van der Waals surface area contributed by atoms with E-state index in [2.05, 4.69) is 0 Å². The molecule has 5 heteroatoms. The number of carbonyl (C=O) groups excluding carboxylic acids is 1. The first-order valence-electron chi connectivity index (χ1n) is 5.93. The molecular weight excluding hydrogens is 261 g/mol. The fourth-order valence-corrected chi connectivity index (χ4v) is 1.79. The summed E-state index contributed by atoms with van der Waals surface area (Å²) in [5.41, 5.74) is 0.481. The van der Waals surface area contributed by atoms with Crippen LogP contribution in [0.2, 0.25) is 0 Å². The molecule has 4 nitrogen and oxygen atoms in total. The van der Waals surface area contributed by atoms with E-state index < -0.39 is 11.7 Å². The van der Waals surface area contributed by atoms with Gasteiger partial charge < -0.3 is 14.7 Å². The molecule has 20 heavy (non-hydrogen) atoms. The predicted molar refractivity (Wildman–Crippen MR) is 73.8 cm³/mol. The molecule has 0 heterocycles. The molecule has 0 aliphatic carbocycles. The van der Waals surface area contributed by atoms with Gasteiger partial charge in [-0.2, -0.15) is 0 Å². The van der Waals surface area contributed by atoms with Crippen LogP contribution in [-0.4, -0.2) is 25.2 Å². The summed E-state index contributed by atoms with van der Waals surface area (Å²) in [4.78, 5) is 13.6. The number of phenolic OH excluding ortho intramolecular Hbond substituents is 1. The molecule has 0 bridgehead atoms. The van der Waals surface area contributed by atoms with Gasteiger partial charge in [-0.3, -0.25) is 4.79 Å². The van der Waals surface area contributed by atoms with Crippen molar-refractivity contribution in [3.05, 3.63) is 53.8 Å². The number of aromatic hydroxyl groups is 1. The SMILES string of the molecule is COc1cccc(N(C)C(=O)c2ccc(O)cc2F)c1. The number of amides is 1. The zero-order valence-corrected chi connectivity index (χ0v) is 11.1. The molecule has 104 valence electrons. The summed E-state index contributed by atoms with van der Waals surface area (Å²) < 4.78 is 18.8. The van der Waals surface area contributed by atoms with Gasteiger partial charge in [0.15, 0.2) is 0 Å². The molecule has 0 atom stereocenters. The van der Waals surface area contributed by atoms with Crippen LogP contribution in [0.3, 0.4) is 0 Å². The number of methoxy groups -OCH3 is 1. The molecule has 2 rings (SSSR count). The third-order valence-electron chi connectivity index (χ3n) is 2.93. The Balaban J connectivity index is 2.32. The van der Waals surface area contributed by atoms with Gasteiger partial charge in [0.25, 0.3) is 5.91 Å². The van der Waals surface area contributed by atoms with Gasteiger partial charge in [-0.25, -0.2) is 4.39 Å². The highest BCUT2D eigenvalue weighted by Gasteiger charge is 2.18. The van der Waals surface area contributed by atoms with Crippen molar-refractivity contribution >= 4 is 11.6 Å². The maximum absolute atomic E-state index is 13.7. The Morgan fingerprint density at radius 3 is 2.65 bits per heavy atom. The zero-order valence-electron chi connectivity index (χ0n) is 11.1. The number of rotatable bonds is 3. The molecule has 0 saturated carbocycles. The minimum absolute atomic E-state index is 0.104. The van der Waals surface area contributed by atoms with Gasteiger partial charge in [0.2, 0.25) is 0 Å². The van der Waals surface area contributed by atoms with E-state index in [-0.39, 0.29) is 11.3 Å². The third-order valence-corrected chi connectivity index (χ3v) is 2.93. The van der Waals surface area contributed by atoms with E-state index in [1.807, 2.05) is 0 Å². The van der Waals surface area contributed by atoms with Gasteiger partial charge in [-0.1, -0.05) is 6.07 Å². The molecule has 0 fully saturated rings. The Bertz CT molecular complexity index is 643. The topological polar surface area (TPSA) is 49.8 Å². The molecule has 0 aliphatic heterocycles. The van der Waals surface area contributed by atoms with Crippen LogP contribution in [0, 0.1) is 5.82 Å². The number of nitrogens with zero attached hydrogens (tertiary/aromatic N) is 1. The van der Waals surface area contributed by atoms with Crippen LogP contribution < -0.4 is 9.64 Å². The fourth-order valence-electron chi connectivity index (χ4n) is 1.79. The Hall–Kier alpha value is -2.56. The first-order valence-corrected chi connectivity index (χ1v) is 5.93. The van der Waals surface area contributed by atoms with Gasteiger partial charge >= 0.3 is 0 Å². The van der Waals surface area contributed by atoms with Crippen molar-refractivity contribution in [1.29, 1.82) is 0 Å². The van der Waals surface area contributed by atoms with Crippen molar-refractivity contribution in [3.8, 4) is 11.5 Å². The maximum atomic E-state index is 13.7. The summed E-state index contributed by atoms with van der Waals surface area (Å²) in [6.07, 6.45) is 0. The van der Waals surface area contributed by atoms with Crippen molar-refractivity contribution < 1.29 is 19.0 Å². The largest absolute Gasteiger partial charge is 0.508 e. The number of phenols is 1. The number of halogens is 1. The molecule has 0 aromatic heterocycles. The van der Waals surface area contributed by atoms with E-state index in [0.29, 0.717) is 11.4 Å². The van der Waals surface area contributed by atoms with Crippen molar-refractivity contribution in [2.75, 3.05) is 19.1 Å². The van der Waals surface area contributed by atoms with Crippen LogP contribution in [0.5, 0.6) is 11.5 Å². The average molecular weight is 275 g/mol. The van der Waals surface area contributed by atoms with Gasteiger partial charge in [0.1, 0.15) is 17.3 Å². The monoisotopic (exact) mass is 275 g/mol. The summed E-state index contributed by atoms with van der Waals surface area (Å²) in [7, 11) is 3.07. The van der Waals surface area contributed by atoms with E-state index in [1.165, 1.54) is 24.1 Å². The summed E-state index contributed by atoms with van der Waals surface area (Å²) >= 11 is 0. The highest BCUT2D eigenvalue weighted by Crippen LogP contribution is 2.23. The van der Waals surface area contributed by atoms with Gasteiger partial charge in [0.05, 0.1) is 12.7 Å². The van der Waals surface area contributed by atoms with E-state index in [9.17, 15) is 9.18 Å². The normalized spacial score (nSPS) is 10.2. The Morgan fingerprint density at radius 1 is 1.25 bits per heavy atom. The summed E-state index contributed by atoms with van der Waals surface area (Å²) in [6, 6.07) is 10.3. The number of hydrogen-bond acceptors (Lipinski definition) is 3. The lowest BCUT2D eigenvalue weighted by atomic mass is 10.1. The number of carbonyl (C=O) groups is 1. The highest BCUT2D eigenvalue weighted by molar-refractivity contribution is 6.06. The van der Waals surface area contributed by atoms with E-state index in [0.717, 1.165) is 6.07 Å². The number of ether oxygens (including phenoxy) is 1. The molecule has 0 unspecified atom stereocenters. The predicted octanol–water partition coefficient (Wildman–Crippen LogP) is 2.82. The maximum Gasteiger partial charge on any atom is 0.260 e. The second-order valence-corrected chi connectivity index (χ2v) is 4.23. The van der Waals surface area contributed by atoms with Crippen molar-refractivity contribution in [2.24, 2.45) is 0 Å². The minimum Gasteiger partial charge on any atom is -0.508 e. The van der Waals surface area contributed by atoms with Crippen LogP contribution in [-0.2, 0) is 0 Å². The van der Waals surface area contributed by atoms with E-state index >= 15 is 0 Å². The molecule has 1 N–H and O–H groups in total. The van der Waals surface area contributed by atoms with Crippen molar-refractivity contribution in [2.45, 2.75) is 0 Å². The lowest BCUT2D eigenvalue weighted by molar-refractivity contribution is 0.0989. The molecular formula is C15H14FNO3. The van der Waals surface area contributed by atoms with Gasteiger partial charge in [0, 0.05) is 24.9 Å². The smallest absolute Gasteiger partial charge is 0.260 e. The van der Waals surface area contributed by atoms with Crippen molar-refractivity contribution in [3.63, 3.8) is 0 Å². The quantitative estimate of drug-likeness (QED) is 0.937. The zero-order chi connectivity index (χ0) is 14.7. The molecule has 0 spiro atoms. The first kappa shape index (κ1) is 13.9. The lowest BCUT2D eigenvalue weighted by Gasteiger charge is -2.18. The first-order chi connectivity index (χ1) is 9.52. The number of anilines is 1. The second-order valence-electron chi connectivity index (χ2n) is 4.23. The summed E-state index contributed by atoms with van der Waals surface area (Å²) in [5.74, 6) is -0.878. The highest BCUT2D eigenvalue weighted by atomic mass is 19.1. The average Bonchev–Trinajstić information content (AvgIpc) is 2.46. The fraction of sp³-hybridized carbons (Fsp3) is 0.133. The standard InChI is InChI=1S/C15H14FNO3/c1-17(10-4-3-5-12(8-10)20-2)15(19)13-7-6-11(18)9-14(13)16/h3-9,18H,1-2H3. The molecule has 1 amide bonds. The van der Waals surface area contributed by atoms with Crippen LogP contribution in [0.25, 0.3) is 0 Å². The number of hydrogen-bond donors (Lipinski definition) is 1. The van der Waals surface area contributed by atoms with E-state index in [4.69, 9.17) is 9.84 Å². The molecule has 2 aromatic carbocycles. The Labute approximate surface area is 116 Å². The molecule has 0 saturated heterocycles. The molecule has 0 radical (unpaired) electrons. The lowest BCUT2D eigenvalue weighted by Crippen LogP contribution is -2.27. The van der Waals surface area contributed by atoms with Gasteiger partial charge in [-0.05, 0) is 24.3 Å². The molecule has 0 aliphatic rings. The van der Waals surface area contributed by atoms with Crippen LogP contribution >= 0.6 is 0 Å². The van der Waals surface area contributed by atoms with E-state index in [1.54, 1.807) is 31.3 Å². The van der Waals surface area contributed by atoms with Gasteiger partial charge in [-0.15, -0.1) is 0 Å². The number of benzene rings is 2. The third kappa shape index (κ3) is 2.71. The summed E-state index contributed by atoms with van der Waals surface area (Å²) in [5, 5.41) is 9.16. The minimum atomic E-state index is -0.759. The summed E-state index contributed by atoms with van der Waals surface area (Å²) in [6.45, 7) is 0. The van der Waals surface area contributed by atoms with Crippen LogP contribution in [0.4, 0.5) is 10.1 Å². The Kier molecular flexibility index (Phi) is 3.89. The van der Waals surface area contributed by atoms with Crippen LogP contribution in [0.1, 0.15) is 10.4 Å². The Morgan fingerprint density at radius 2 is 2.00 bits per heavy atom. The van der Waals surface area contributed by atoms with Crippen molar-refractivity contribution in [1.82, 2.24) is 0 Å². The molecule has 2 aromatic rings. The van der Waals surface area contributed by atoms with Crippen LogP contribution in [0.15, 0.2) is 42.5 Å².